The lowest BCUT2D eigenvalue weighted by atomic mass is 10.1. The Morgan fingerprint density at radius 2 is 0.922 bits per heavy atom. The molecule has 102 heavy (non-hydrogen) atoms. The predicted molar refractivity (Wildman–Crippen MR) is 424 cm³/mol. The van der Waals surface area contributed by atoms with E-state index >= 15 is 0 Å². The number of hydrogen-bond donors (Lipinski definition) is 6. The fourth-order valence-corrected chi connectivity index (χ4v) is 15.7. The van der Waals surface area contributed by atoms with Crippen LogP contribution in [0.2, 0.25) is 15.1 Å². The summed E-state index contributed by atoms with van der Waals surface area (Å²) in [6.45, 7) is 19.8. The zero-order valence-electron chi connectivity index (χ0n) is 57.8. The number of aromatic nitrogens is 14. The molecular formula is C75H81Cl3N20S4. The van der Waals surface area contributed by atoms with Gasteiger partial charge in [0.05, 0.1) is 21.1 Å². The molecule has 0 atom stereocenters. The van der Waals surface area contributed by atoms with Crippen molar-refractivity contribution >= 4 is 160 Å². The van der Waals surface area contributed by atoms with Crippen molar-refractivity contribution < 1.29 is 0 Å². The SMILES string of the molecule is C#CCCCn1c(Sc2ccc(Cl)cc2C)nc2c(N)ncnc21.C#CCCCn1c(Sc2cccc(C)c2Cl)nc2c(N)ncnc21.CC(C)NCCCn1c(Sc2cccc3ccccc23)nc2c(N)nccc21.Cc1ccc(Sc2nc3c(N)nccc3n2CCCNC(C)C)c(Cl)c1. The Bertz CT molecular complexity index is 5130. The molecule has 8 heterocycles. The Morgan fingerprint density at radius 1 is 0.461 bits per heavy atom. The van der Waals surface area contributed by atoms with E-state index in [1.165, 1.54) is 40.1 Å². The number of unbranched alkanes of at least 4 members (excludes halogenated alkanes) is 2. The van der Waals surface area contributed by atoms with Gasteiger partial charge in [-0.3, -0.25) is 0 Å². The number of nitrogen functional groups attached to an aromatic ring is 4. The number of nitrogens with one attached hydrogen (secondary N) is 2. The predicted octanol–water partition coefficient (Wildman–Crippen LogP) is 17.1. The van der Waals surface area contributed by atoms with Gasteiger partial charge in [-0.05, 0) is 153 Å². The highest BCUT2D eigenvalue weighted by molar-refractivity contribution is 8.00. The Kier molecular flexibility index (Phi) is 27.1. The van der Waals surface area contributed by atoms with Crippen LogP contribution in [0.1, 0.15) is 82.9 Å². The molecule has 0 fully saturated rings. The highest BCUT2D eigenvalue weighted by atomic mass is 35.5. The number of pyridine rings is 2. The third-order valence-electron chi connectivity index (χ3n) is 15.9. The number of benzene rings is 5. The van der Waals surface area contributed by atoms with Crippen molar-refractivity contribution in [3.63, 3.8) is 0 Å². The maximum absolute atomic E-state index is 6.42. The molecule has 0 radical (unpaired) electrons. The molecule has 0 amide bonds. The van der Waals surface area contributed by atoms with Crippen LogP contribution in [0.15, 0.2) is 174 Å². The first-order valence-corrected chi connectivity index (χ1v) is 37.7. The van der Waals surface area contributed by atoms with Crippen LogP contribution in [-0.4, -0.2) is 93.3 Å². The van der Waals surface area contributed by atoms with Crippen LogP contribution in [0.3, 0.4) is 0 Å². The fourth-order valence-electron chi connectivity index (χ4n) is 10.8. The minimum atomic E-state index is 0.368. The lowest BCUT2D eigenvalue weighted by Crippen LogP contribution is -2.24. The summed E-state index contributed by atoms with van der Waals surface area (Å²) in [5, 5.41) is 15.0. The number of terminal acetylenes is 2. The molecule has 0 spiro atoms. The van der Waals surface area contributed by atoms with Gasteiger partial charge >= 0.3 is 0 Å². The molecule has 0 bridgehead atoms. The second-order valence-corrected chi connectivity index (χ2v) is 29.6. The van der Waals surface area contributed by atoms with Gasteiger partial charge in [0, 0.05) is 88.1 Å². The molecule has 8 aromatic heterocycles. The average Bonchev–Trinajstić information content (AvgIpc) is 1.66. The first-order chi connectivity index (χ1) is 49.3. The Morgan fingerprint density at radius 3 is 1.46 bits per heavy atom. The van der Waals surface area contributed by atoms with Crippen molar-refractivity contribution in [2.24, 2.45) is 0 Å². The van der Waals surface area contributed by atoms with Gasteiger partial charge in [-0.1, -0.05) is 152 Å². The van der Waals surface area contributed by atoms with Gasteiger partial charge in [0.15, 0.2) is 66.2 Å². The summed E-state index contributed by atoms with van der Waals surface area (Å²) in [6.07, 6.45) is 22.2. The van der Waals surface area contributed by atoms with Crippen LogP contribution in [0, 0.1) is 45.5 Å². The van der Waals surface area contributed by atoms with E-state index in [-0.39, 0.29) is 0 Å². The van der Waals surface area contributed by atoms with E-state index in [9.17, 15) is 0 Å². The molecule has 526 valence electrons. The van der Waals surface area contributed by atoms with Crippen molar-refractivity contribution in [2.75, 3.05) is 36.0 Å². The average molecular weight is 1500 g/mol. The van der Waals surface area contributed by atoms with Crippen LogP contribution >= 0.6 is 81.9 Å². The summed E-state index contributed by atoms with van der Waals surface area (Å²) in [6, 6.07) is 37.6. The topological polar surface area (TPSA) is 277 Å². The summed E-state index contributed by atoms with van der Waals surface area (Å²) in [5.41, 5.74) is 33.5. The highest BCUT2D eigenvalue weighted by Crippen LogP contribution is 2.40. The standard InChI is InChI=1S/C22H25N5S.C19H24ClN5S.2C17H16ClN5S/c1-15(2)24-12-6-14-27-18-11-13-25-21(23)20(18)26-22(27)28-19-10-5-8-16-7-3-4-9-17(16)19;1-12(2)22-8-4-10-25-15-7-9-23-18(21)17(15)24-19(25)26-16-6-5-13(3)11-14(16)20;1-3-4-5-9-23-16-14(15(19)20-10-21-16)22-17(23)24-12-8-6-7-11(2)13(12)18;1-3-4-5-8-23-16-14(15(19)20-10-21-16)22-17(23)24-13-7-6-12(18)9-11(13)2/h3-5,7-11,13,15,24H,6,12,14H2,1-2H3,(H2,23,25);5-7,9,11-12,22H,4,8,10H2,1-3H3,(H2,21,23);1,6-8,10H,4-5,9H2,2H3,(H2,19,20,21);1,6-7,9-10H,4-5,8H2,2H3,(H2,19,20,21). The Balaban J connectivity index is 0.000000147. The maximum Gasteiger partial charge on any atom is 0.175 e. The first kappa shape index (κ1) is 75.9. The maximum atomic E-state index is 6.42. The van der Waals surface area contributed by atoms with E-state index in [0.717, 1.165) is 153 Å². The quantitative estimate of drug-likeness (QED) is 0.0242. The van der Waals surface area contributed by atoms with Gasteiger partial charge in [-0.15, -0.1) is 24.7 Å². The summed E-state index contributed by atoms with van der Waals surface area (Å²) in [5.74, 6) is 7.01. The molecule has 0 aliphatic carbocycles. The number of rotatable bonds is 24. The van der Waals surface area contributed by atoms with Gasteiger partial charge in [-0.25, -0.2) is 49.8 Å². The monoisotopic (exact) mass is 1490 g/mol. The molecular weight excluding hydrogens is 1420 g/mol. The van der Waals surface area contributed by atoms with Crippen molar-refractivity contribution in [3.8, 4) is 24.7 Å². The second kappa shape index (κ2) is 36.4. The largest absolute Gasteiger partial charge is 0.382 e. The molecule has 0 aliphatic rings. The van der Waals surface area contributed by atoms with Crippen LogP contribution in [0.4, 0.5) is 23.3 Å². The number of imidazole rings is 4. The molecule has 0 saturated carbocycles. The van der Waals surface area contributed by atoms with E-state index < -0.39 is 0 Å². The summed E-state index contributed by atoms with van der Waals surface area (Å²) >= 11 is 25.2. The first-order valence-electron chi connectivity index (χ1n) is 33.3. The van der Waals surface area contributed by atoms with Crippen LogP contribution in [-0.2, 0) is 26.2 Å². The lowest BCUT2D eigenvalue weighted by molar-refractivity contribution is 0.526. The molecule has 20 nitrogen and oxygen atoms in total. The highest BCUT2D eigenvalue weighted by Gasteiger charge is 2.21. The van der Waals surface area contributed by atoms with Gasteiger partial charge in [0.2, 0.25) is 0 Å². The second-order valence-electron chi connectivity index (χ2n) is 24.3. The van der Waals surface area contributed by atoms with Crippen LogP contribution in [0.25, 0.3) is 55.2 Å². The molecule has 0 saturated heterocycles. The number of nitrogens with two attached hydrogens (primary N) is 4. The number of halogens is 3. The van der Waals surface area contributed by atoms with Crippen molar-refractivity contribution in [1.29, 1.82) is 0 Å². The van der Waals surface area contributed by atoms with Crippen LogP contribution < -0.4 is 33.6 Å². The number of hydrogen-bond acceptors (Lipinski definition) is 20. The Labute approximate surface area is 626 Å². The summed E-state index contributed by atoms with van der Waals surface area (Å²) in [4.78, 5) is 48.2. The van der Waals surface area contributed by atoms with Gasteiger partial charge in [0.25, 0.3) is 0 Å². The summed E-state index contributed by atoms with van der Waals surface area (Å²) < 4.78 is 8.54. The minimum Gasteiger partial charge on any atom is -0.382 e. The molecule has 0 unspecified atom stereocenters. The van der Waals surface area contributed by atoms with Crippen molar-refractivity contribution in [1.82, 2.24) is 78.7 Å². The third kappa shape index (κ3) is 19.3. The molecule has 5 aromatic carbocycles. The van der Waals surface area contributed by atoms with Crippen molar-refractivity contribution in [2.45, 2.75) is 165 Å². The van der Waals surface area contributed by atoms with Gasteiger partial charge in [0.1, 0.15) is 23.7 Å². The van der Waals surface area contributed by atoms with E-state index in [2.05, 4.69) is 148 Å². The molecule has 13 aromatic rings. The van der Waals surface area contributed by atoms with E-state index in [4.69, 9.17) is 80.6 Å². The van der Waals surface area contributed by atoms with Crippen molar-refractivity contribution in [3.05, 3.63) is 166 Å². The normalized spacial score (nSPS) is 11.3. The number of nitrogens with zero attached hydrogens (tertiary/aromatic N) is 14. The third-order valence-corrected chi connectivity index (χ3v) is 21.6. The number of anilines is 4. The zero-order chi connectivity index (χ0) is 72.4. The van der Waals surface area contributed by atoms with Crippen LogP contribution in [0.5, 0.6) is 0 Å². The van der Waals surface area contributed by atoms with E-state index in [0.29, 0.717) is 71.4 Å². The van der Waals surface area contributed by atoms with E-state index in [1.54, 1.807) is 47.7 Å². The fraction of sp³-hybridized carbons (Fsp3) is 0.280. The molecule has 0 aliphatic heterocycles. The van der Waals surface area contributed by atoms with Gasteiger partial charge < -0.3 is 51.8 Å². The molecule has 10 N–H and O–H groups in total. The molecule has 13 rings (SSSR count). The molecule has 27 heteroatoms. The van der Waals surface area contributed by atoms with E-state index in [1.807, 2.05) is 90.6 Å². The summed E-state index contributed by atoms with van der Waals surface area (Å²) in [7, 11) is 0. The van der Waals surface area contributed by atoms with Gasteiger partial charge in [-0.2, -0.15) is 0 Å². The zero-order valence-corrected chi connectivity index (χ0v) is 63.4. The number of fused-ring (bicyclic) bond motifs is 5. The smallest absolute Gasteiger partial charge is 0.175 e. The minimum absolute atomic E-state index is 0.368. The lowest BCUT2D eigenvalue weighted by Gasteiger charge is -2.12. The number of aryl methyl sites for hydroxylation is 7. The Hall–Kier alpha value is -8.79.